The van der Waals surface area contributed by atoms with Gasteiger partial charge in [-0.1, -0.05) is 41.4 Å². The maximum Gasteiger partial charge on any atom is 0.251 e. The van der Waals surface area contributed by atoms with Crippen molar-refractivity contribution in [3.63, 3.8) is 0 Å². The first kappa shape index (κ1) is 18.3. The molecule has 0 spiro atoms. The van der Waals surface area contributed by atoms with E-state index in [1.54, 1.807) is 6.07 Å². The molecule has 26 heavy (non-hydrogen) atoms. The second-order valence-electron chi connectivity index (χ2n) is 5.79. The number of hydrogen-bond acceptors (Lipinski definition) is 3. The highest BCUT2D eigenvalue weighted by atomic mass is 35.5. The largest absolute Gasteiger partial charge is 0.459 e. The smallest absolute Gasteiger partial charge is 0.251 e. The molecule has 1 aromatic heterocycles. The van der Waals surface area contributed by atoms with E-state index < -0.39 is 5.91 Å². The third-order valence-corrected chi connectivity index (χ3v) is 4.58. The Hall–Kier alpha value is -2.50. The summed E-state index contributed by atoms with van der Waals surface area (Å²) >= 11 is 11.7. The molecule has 0 unspecified atom stereocenters. The molecule has 3 rings (SSSR count). The van der Waals surface area contributed by atoms with Crippen LogP contribution in [0.3, 0.4) is 0 Å². The Kier molecular flexibility index (Phi) is 5.49. The van der Waals surface area contributed by atoms with Crippen LogP contribution in [0.15, 0.2) is 52.9 Å². The third-order valence-electron chi connectivity index (χ3n) is 3.84. The summed E-state index contributed by atoms with van der Waals surface area (Å²) in [5, 5.41) is 6.95. The molecule has 3 aromatic rings. The first-order valence-corrected chi connectivity index (χ1v) is 8.70. The molecule has 7 heteroatoms. The molecule has 0 fully saturated rings. The van der Waals surface area contributed by atoms with Crippen LogP contribution in [0.25, 0.3) is 11.0 Å². The summed E-state index contributed by atoms with van der Waals surface area (Å²) in [4.78, 5) is 24.2. The van der Waals surface area contributed by atoms with E-state index in [9.17, 15) is 9.59 Å². The molecule has 0 bridgehead atoms. The lowest BCUT2D eigenvalue weighted by Gasteiger charge is -2.12. The molecule has 2 amide bonds. The van der Waals surface area contributed by atoms with Crippen LogP contribution in [0.5, 0.6) is 0 Å². The van der Waals surface area contributed by atoms with Gasteiger partial charge >= 0.3 is 0 Å². The number of hydrogen-bond donors (Lipinski definition) is 2. The van der Waals surface area contributed by atoms with E-state index in [4.69, 9.17) is 27.6 Å². The Balaban J connectivity index is 1.56. The van der Waals surface area contributed by atoms with E-state index in [0.717, 1.165) is 11.0 Å². The zero-order valence-electron chi connectivity index (χ0n) is 13.9. The molecular formula is C19H16Cl2N2O3. The maximum atomic E-state index is 12.1. The lowest BCUT2D eigenvalue weighted by Crippen LogP contribution is -2.37. The first-order valence-electron chi connectivity index (χ1n) is 7.95. The van der Waals surface area contributed by atoms with Crippen LogP contribution in [0.4, 0.5) is 0 Å². The monoisotopic (exact) mass is 390 g/mol. The Morgan fingerprint density at radius 1 is 1.08 bits per heavy atom. The zero-order chi connectivity index (χ0) is 18.7. The minimum atomic E-state index is -0.407. The summed E-state index contributed by atoms with van der Waals surface area (Å²) in [6, 6.07) is 13.7. The van der Waals surface area contributed by atoms with Crippen molar-refractivity contribution in [3.05, 3.63) is 69.9 Å². The number of benzene rings is 2. The van der Waals surface area contributed by atoms with Crippen LogP contribution in [0.2, 0.25) is 10.0 Å². The molecule has 0 radical (unpaired) electrons. The Morgan fingerprint density at radius 2 is 1.85 bits per heavy atom. The van der Waals surface area contributed by atoms with Crippen LogP contribution in [-0.2, 0) is 4.79 Å². The molecule has 0 aliphatic carbocycles. The quantitative estimate of drug-likeness (QED) is 0.680. The topological polar surface area (TPSA) is 71.3 Å². The van der Waals surface area contributed by atoms with E-state index in [1.165, 1.54) is 12.1 Å². The van der Waals surface area contributed by atoms with Crippen molar-refractivity contribution < 1.29 is 14.0 Å². The molecule has 5 nitrogen and oxygen atoms in total. The van der Waals surface area contributed by atoms with Crippen molar-refractivity contribution in [2.75, 3.05) is 6.54 Å². The third kappa shape index (κ3) is 4.18. The second-order valence-corrected chi connectivity index (χ2v) is 6.60. The molecule has 0 saturated carbocycles. The number of furan rings is 1. The van der Waals surface area contributed by atoms with Crippen molar-refractivity contribution in [1.29, 1.82) is 0 Å². The summed E-state index contributed by atoms with van der Waals surface area (Å²) in [6.07, 6.45) is 0. The van der Waals surface area contributed by atoms with Gasteiger partial charge in [-0.3, -0.25) is 9.59 Å². The minimum Gasteiger partial charge on any atom is -0.459 e. The van der Waals surface area contributed by atoms with Gasteiger partial charge in [0.25, 0.3) is 5.91 Å². The molecule has 0 saturated heterocycles. The van der Waals surface area contributed by atoms with Crippen molar-refractivity contribution in [3.8, 4) is 0 Å². The van der Waals surface area contributed by atoms with Gasteiger partial charge in [0.15, 0.2) is 0 Å². The molecule has 1 heterocycles. The minimum absolute atomic E-state index is 0.163. The summed E-state index contributed by atoms with van der Waals surface area (Å²) in [6.45, 7) is 1.65. The lowest BCUT2D eigenvalue weighted by atomic mass is 10.2. The molecule has 0 aliphatic rings. The summed E-state index contributed by atoms with van der Waals surface area (Å²) in [5.74, 6) is -0.0863. The average molecular weight is 391 g/mol. The fourth-order valence-corrected chi connectivity index (χ4v) is 2.78. The Bertz CT molecular complexity index is 935. The molecule has 134 valence electrons. The van der Waals surface area contributed by atoms with Gasteiger partial charge in [0, 0.05) is 10.9 Å². The van der Waals surface area contributed by atoms with E-state index >= 15 is 0 Å². The lowest BCUT2D eigenvalue weighted by molar-refractivity contribution is -0.120. The number of amides is 2. The summed E-state index contributed by atoms with van der Waals surface area (Å²) in [5.41, 5.74) is 1.09. The van der Waals surface area contributed by atoms with Gasteiger partial charge in [0.05, 0.1) is 22.6 Å². The first-order chi connectivity index (χ1) is 12.4. The van der Waals surface area contributed by atoms with Gasteiger partial charge in [-0.15, -0.1) is 0 Å². The summed E-state index contributed by atoms with van der Waals surface area (Å²) < 4.78 is 5.72. The fraction of sp³-hybridized carbons (Fsp3) is 0.158. The molecule has 2 N–H and O–H groups in total. The average Bonchev–Trinajstić information content (AvgIpc) is 3.06. The molecular weight excluding hydrogens is 375 g/mol. The van der Waals surface area contributed by atoms with Crippen LogP contribution >= 0.6 is 23.2 Å². The Morgan fingerprint density at radius 3 is 2.58 bits per heavy atom. The second kappa shape index (κ2) is 7.81. The van der Waals surface area contributed by atoms with Gasteiger partial charge in [0.1, 0.15) is 11.3 Å². The fourth-order valence-electron chi connectivity index (χ4n) is 2.48. The van der Waals surface area contributed by atoms with Crippen molar-refractivity contribution in [2.24, 2.45) is 0 Å². The van der Waals surface area contributed by atoms with Crippen LogP contribution in [0, 0.1) is 0 Å². The van der Waals surface area contributed by atoms with Crippen LogP contribution in [0.1, 0.15) is 29.1 Å². The number of halogens is 2. The normalized spacial score (nSPS) is 12.0. The highest BCUT2D eigenvalue weighted by Crippen LogP contribution is 2.24. The number of carbonyl (C=O) groups excluding carboxylic acids is 2. The highest BCUT2D eigenvalue weighted by Gasteiger charge is 2.15. The molecule has 0 aliphatic heterocycles. The van der Waals surface area contributed by atoms with E-state index in [1.807, 2.05) is 37.3 Å². The molecule has 2 aromatic carbocycles. The van der Waals surface area contributed by atoms with Crippen molar-refractivity contribution in [1.82, 2.24) is 10.6 Å². The van der Waals surface area contributed by atoms with Gasteiger partial charge < -0.3 is 15.1 Å². The van der Waals surface area contributed by atoms with Gasteiger partial charge in [-0.05, 0) is 37.3 Å². The maximum absolute atomic E-state index is 12.1. The van der Waals surface area contributed by atoms with Gasteiger partial charge in [-0.25, -0.2) is 0 Å². The number of nitrogens with one attached hydrogen (secondary N) is 2. The van der Waals surface area contributed by atoms with E-state index in [-0.39, 0.29) is 23.5 Å². The molecule has 1 atom stereocenters. The number of carbonyl (C=O) groups is 2. The predicted octanol–water partition coefficient (Wildman–Crippen LogP) is 4.35. The zero-order valence-corrected chi connectivity index (χ0v) is 15.4. The van der Waals surface area contributed by atoms with Crippen molar-refractivity contribution >= 4 is 46.0 Å². The van der Waals surface area contributed by atoms with Crippen LogP contribution in [-0.4, -0.2) is 18.4 Å². The van der Waals surface area contributed by atoms with Crippen LogP contribution < -0.4 is 10.6 Å². The van der Waals surface area contributed by atoms with Gasteiger partial charge in [-0.2, -0.15) is 0 Å². The van der Waals surface area contributed by atoms with Crippen molar-refractivity contribution in [2.45, 2.75) is 13.0 Å². The SMILES string of the molecule is C[C@H](NC(=O)CNC(=O)c1ccc(Cl)c(Cl)c1)c1cc2ccccc2o1. The van der Waals surface area contributed by atoms with E-state index in [2.05, 4.69) is 10.6 Å². The predicted molar refractivity (Wildman–Crippen MR) is 102 cm³/mol. The standard InChI is InChI=1S/C19H16Cl2N2O3/c1-11(17-9-12-4-2-3-5-16(12)26-17)23-18(24)10-22-19(25)13-6-7-14(20)15(21)8-13/h2-9,11H,10H2,1H3,(H,22,25)(H,23,24)/t11-/m0/s1. The van der Waals surface area contributed by atoms with E-state index in [0.29, 0.717) is 16.3 Å². The van der Waals surface area contributed by atoms with Gasteiger partial charge in [0.2, 0.25) is 5.91 Å². The Labute approximate surface area is 160 Å². The highest BCUT2D eigenvalue weighted by molar-refractivity contribution is 6.42. The number of rotatable bonds is 5. The number of fused-ring (bicyclic) bond motifs is 1. The summed E-state index contributed by atoms with van der Waals surface area (Å²) in [7, 11) is 0. The number of para-hydroxylation sites is 1.